The van der Waals surface area contributed by atoms with E-state index in [-0.39, 0.29) is 5.95 Å². The standard InChI is InChI=1S/C15H20N6/c1-11-5-4-6-12(9-11)10-17-14-18-13(16)19-15(20-14)21-7-2-3-8-21/h4-6,9H,2-3,7-8,10H2,1H3,(H3,16,17,18,19,20). The van der Waals surface area contributed by atoms with E-state index in [1.165, 1.54) is 24.0 Å². The highest BCUT2D eigenvalue weighted by molar-refractivity contribution is 5.42. The van der Waals surface area contributed by atoms with Gasteiger partial charge in [-0.05, 0) is 25.3 Å². The Morgan fingerprint density at radius 3 is 2.76 bits per heavy atom. The van der Waals surface area contributed by atoms with Gasteiger partial charge < -0.3 is 16.0 Å². The molecule has 1 saturated heterocycles. The monoisotopic (exact) mass is 284 g/mol. The van der Waals surface area contributed by atoms with Crippen molar-refractivity contribution in [1.82, 2.24) is 15.0 Å². The third-order valence-electron chi connectivity index (χ3n) is 3.56. The van der Waals surface area contributed by atoms with Gasteiger partial charge in [-0.1, -0.05) is 29.8 Å². The summed E-state index contributed by atoms with van der Waals surface area (Å²) in [5.41, 5.74) is 8.22. The van der Waals surface area contributed by atoms with Crippen molar-refractivity contribution in [3.8, 4) is 0 Å². The van der Waals surface area contributed by atoms with Gasteiger partial charge in [-0.25, -0.2) is 0 Å². The molecule has 1 aromatic heterocycles. The third-order valence-corrected chi connectivity index (χ3v) is 3.56. The van der Waals surface area contributed by atoms with E-state index in [4.69, 9.17) is 5.73 Å². The number of nitrogen functional groups attached to an aromatic ring is 1. The van der Waals surface area contributed by atoms with Crippen molar-refractivity contribution in [1.29, 1.82) is 0 Å². The van der Waals surface area contributed by atoms with E-state index in [0.29, 0.717) is 18.4 Å². The summed E-state index contributed by atoms with van der Waals surface area (Å²) in [4.78, 5) is 15.0. The predicted molar refractivity (Wildman–Crippen MR) is 84.2 cm³/mol. The average Bonchev–Trinajstić information content (AvgIpc) is 2.99. The molecule has 1 fully saturated rings. The number of anilines is 3. The van der Waals surface area contributed by atoms with Crippen LogP contribution in [0.3, 0.4) is 0 Å². The maximum atomic E-state index is 5.79. The number of nitrogens with two attached hydrogens (primary N) is 1. The SMILES string of the molecule is Cc1cccc(CNc2nc(N)nc(N3CCCC3)n2)c1. The van der Waals surface area contributed by atoms with Crippen LogP contribution in [0.25, 0.3) is 0 Å². The molecule has 3 rings (SSSR count). The van der Waals surface area contributed by atoms with Crippen molar-refractivity contribution in [2.75, 3.05) is 29.0 Å². The van der Waals surface area contributed by atoms with Crippen molar-refractivity contribution >= 4 is 17.8 Å². The molecule has 110 valence electrons. The molecule has 2 aromatic rings. The molecule has 0 amide bonds. The Hall–Kier alpha value is -2.37. The van der Waals surface area contributed by atoms with Gasteiger partial charge in [0.1, 0.15) is 0 Å². The van der Waals surface area contributed by atoms with Gasteiger partial charge in [0, 0.05) is 19.6 Å². The van der Waals surface area contributed by atoms with Gasteiger partial charge >= 0.3 is 0 Å². The quantitative estimate of drug-likeness (QED) is 0.893. The van der Waals surface area contributed by atoms with Gasteiger partial charge in [0.05, 0.1) is 0 Å². The van der Waals surface area contributed by atoms with Gasteiger partial charge in [-0.2, -0.15) is 15.0 Å². The molecular weight excluding hydrogens is 264 g/mol. The largest absolute Gasteiger partial charge is 0.368 e. The fraction of sp³-hybridized carbons (Fsp3) is 0.400. The maximum absolute atomic E-state index is 5.79. The van der Waals surface area contributed by atoms with Crippen LogP contribution in [-0.2, 0) is 6.54 Å². The first kappa shape index (κ1) is 13.6. The van der Waals surface area contributed by atoms with Gasteiger partial charge in [-0.15, -0.1) is 0 Å². The summed E-state index contributed by atoms with van der Waals surface area (Å²) in [5.74, 6) is 1.47. The predicted octanol–water partition coefficient (Wildman–Crippen LogP) is 1.97. The minimum atomic E-state index is 0.263. The number of aryl methyl sites for hydroxylation is 1. The van der Waals surface area contributed by atoms with Gasteiger partial charge in [0.15, 0.2) is 0 Å². The van der Waals surface area contributed by atoms with E-state index in [0.717, 1.165) is 13.1 Å². The van der Waals surface area contributed by atoms with Crippen LogP contribution in [0.2, 0.25) is 0 Å². The van der Waals surface area contributed by atoms with Crippen LogP contribution in [0.1, 0.15) is 24.0 Å². The lowest BCUT2D eigenvalue weighted by molar-refractivity contribution is 0.881. The Kier molecular flexibility index (Phi) is 3.85. The lowest BCUT2D eigenvalue weighted by Crippen LogP contribution is -2.22. The summed E-state index contributed by atoms with van der Waals surface area (Å²) in [6.07, 6.45) is 2.36. The molecule has 1 aliphatic heterocycles. The zero-order chi connectivity index (χ0) is 14.7. The van der Waals surface area contributed by atoms with Crippen molar-refractivity contribution in [3.05, 3.63) is 35.4 Å². The molecule has 0 radical (unpaired) electrons. The molecule has 2 heterocycles. The number of hydrogen-bond donors (Lipinski definition) is 2. The first-order chi connectivity index (χ1) is 10.2. The Labute approximate surface area is 124 Å². The minimum Gasteiger partial charge on any atom is -0.368 e. The van der Waals surface area contributed by atoms with E-state index in [1.807, 2.05) is 6.07 Å². The molecular formula is C15H20N6. The molecule has 0 unspecified atom stereocenters. The number of nitrogens with zero attached hydrogens (tertiary/aromatic N) is 4. The number of hydrogen-bond acceptors (Lipinski definition) is 6. The summed E-state index contributed by atoms with van der Waals surface area (Å²) in [5, 5.41) is 3.22. The molecule has 6 heteroatoms. The number of aromatic nitrogens is 3. The summed E-state index contributed by atoms with van der Waals surface area (Å²) >= 11 is 0. The Bertz CT molecular complexity index is 621. The Morgan fingerprint density at radius 2 is 2.00 bits per heavy atom. The van der Waals surface area contributed by atoms with Gasteiger partial charge in [0.25, 0.3) is 0 Å². The average molecular weight is 284 g/mol. The Morgan fingerprint density at radius 1 is 1.19 bits per heavy atom. The first-order valence-electron chi connectivity index (χ1n) is 7.26. The van der Waals surface area contributed by atoms with Gasteiger partial charge in [0.2, 0.25) is 17.8 Å². The van der Waals surface area contributed by atoms with Crippen molar-refractivity contribution in [2.45, 2.75) is 26.3 Å². The van der Waals surface area contributed by atoms with Crippen molar-refractivity contribution in [3.63, 3.8) is 0 Å². The van der Waals surface area contributed by atoms with Crippen LogP contribution in [-0.4, -0.2) is 28.0 Å². The molecule has 0 bridgehead atoms. The second-order valence-electron chi connectivity index (χ2n) is 5.35. The number of benzene rings is 1. The number of nitrogens with one attached hydrogen (secondary N) is 1. The van der Waals surface area contributed by atoms with E-state index < -0.39 is 0 Å². The van der Waals surface area contributed by atoms with Crippen LogP contribution in [0.5, 0.6) is 0 Å². The van der Waals surface area contributed by atoms with Crippen molar-refractivity contribution in [2.24, 2.45) is 0 Å². The van der Waals surface area contributed by atoms with Crippen LogP contribution < -0.4 is 16.0 Å². The van der Waals surface area contributed by atoms with E-state index in [1.54, 1.807) is 0 Å². The van der Waals surface area contributed by atoms with Crippen LogP contribution in [0, 0.1) is 6.92 Å². The zero-order valence-corrected chi connectivity index (χ0v) is 12.2. The van der Waals surface area contributed by atoms with Crippen LogP contribution in [0.15, 0.2) is 24.3 Å². The van der Waals surface area contributed by atoms with E-state index in [9.17, 15) is 0 Å². The summed E-state index contributed by atoms with van der Waals surface area (Å²) in [7, 11) is 0. The molecule has 1 aliphatic rings. The molecule has 3 N–H and O–H groups in total. The van der Waals surface area contributed by atoms with E-state index in [2.05, 4.69) is 50.3 Å². The van der Waals surface area contributed by atoms with Crippen LogP contribution >= 0.6 is 0 Å². The molecule has 1 aromatic carbocycles. The fourth-order valence-corrected chi connectivity index (χ4v) is 2.52. The highest BCUT2D eigenvalue weighted by atomic mass is 15.3. The third kappa shape index (κ3) is 3.39. The second-order valence-corrected chi connectivity index (χ2v) is 5.35. The molecule has 6 nitrogen and oxygen atoms in total. The van der Waals surface area contributed by atoms with Crippen molar-refractivity contribution < 1.29 is 0 Å². The topological polar surface area (TPSA) is 80.0 Å². The highest BCUT2D eigenvalue weighted by Crippen LogP contribution is 2.18. The molecule has 21 heavy (non-hydrogen) atoms. The smallest absolute Gasteiger partial charge is 0.231 e. The van der Waals surface area contributed by atoms with Gasteiger partial charge in [-0.3, -0.25) is 0 Å². The highest BCUT2D eigenvalue weighted by Gasteiger charge is 2.16. The summed E-state index contributed by atoms with van der Waals surface area (Å²) in [6, 6.07) is 8.34. The normalized spacial score (nSPS) is 14.4. The first-order valence-corrected chi connectivity index (χ1v) is 7.26. The lowest BCUT2D eigenvalue weighted by Gasteiger charge is -2.16. The fourth-order valence-electron chi connectivity index (χ4n) is 2.52. The number of rotatable bonds is 4. The maximum Gasteiger partial charge on any atom is 0.231 e. The summed E-state index contributed by atoms with van der Waals surface area (Å²) < 4.78 is 0. The van der Waals surface area contributed by atoms with Crippen LogP contribution in [0.4, 0.5) is 17.8 Å². The molecule has 0 spiro atoms. The molecule has 0 saturated carbocycles. The second kappa shape index (κ2) is 5.95. The summed E-state index contributed by atoms with van der Waals surface area (Å²) in [6.45, 7) is 4.72. The molecule has 0 atom stereocenters. The lowest BCUT2D eigenvalue weighted by atomic mass is 10.1. The Balaban J connectivity index is 1.72. The zero-order valence-electron chi connectivity index (χ0n) is 12.2. The minimum absolute atomic E-state index is 0.263. The van der Waals surface area contributed by atoms with E-state index >= 15 is 0 Å². The molecule has 0 aliphatic carbocycles.